The van der Waals surface area contributed by atoms with Crippen LogP contribution in [0, 0.1) is 0 Å². The number of aromatic amines is 1. The second-order valence-electron chi connectivity index (χ2n) is 3.63. The first-order valence-corrected chi connectivity index (χ1v) is 5.57. The van der Waals surface area contributed by atoms with Crippen molar-refractivity contribution >= 4 is 17.7 Å². The average Bonchev–Trinajstić information content (AvgIpc) is 2.74. The van der Waals surface area contributed by atoms with Crippen LogP contribution in [-0.4, -0.2) is 43.4 Å². The number of aromatic nitrogens is 3. The summed E-state index contributed by atoms with van der Waals surface area (Å²) in [5.74, 6) is 0.296. The van der Waals surface area contributed by atoms with Gasteiger partial charge in [0.05, 0.1) is 23.7 Å². The van der Waals surface area contributed by atoms with Crippen LogP contribution >= 0.6 is 11.8 Å². The molecule has 0 saturated carbocycles. The Balaban J connectivity index is 1.64. The third kappa shape index (κ3) is 1.21. The molecule has 2 aliphatic heterocycles. The number of fused-ring (bicyclic) bond motifs is 1. The number of hydrogen-bond acceptors (Lipinski definition) is 4. The lowest BCUT2D eigenvalue weighted by Gasteiger charge is -2.32. The molecule has 74 valence electrons. The maximum Gasteiger partial charge on any atom is 0.226 e. The first-order valence-electron chi connectivity index (χ1n) is 4.62. The van der Waals surface area contributed by atoms with Crippen molar-refractivity contribution in [1.29, 1.82) is 0 Å². The third-order valence-corrected chi connectivity index (χ3v) is 4.10. The molecule has 14 heavy (non-hydrogen) atoms. The van der Waals surface area contributed by atoms with Crippen molar-refractivity contribution in [2.45, 2.75) is 23.5 Å². The normalized spacial score (nSPS) is 30.3. The van der Waals surface area contributed by atoms with Gasteiger partial charge in [-0.2, -0.15) is 15.4 Å². The second kappa shape index (κ2) is 2.98. The van der Waals surface area contributed by atoms with Crippen LogP contribution in [0.3, 0.4) is 0 Å². The topological polar surface area (TPSA) is 61.9 Å². The summed E-state index contributed by atoms with van der Waals surface area (Å²) in [5.41, 5.74) is 0.984. The zero-order valence-corrected chi connectivity index (χ0v) is 8.33. The highest BCUT2D eigenvalue weighted by molar-refractivity contribution is 8.00. The van der Waals surface area contributed by atoms with E-state index in [0.717, 1.165) is 25.1 Å². The van der Waals surface area contributed by atoms with E-state index in [9.17, 15) is 4.79 Å². The second-order valence-corrected chi connectivity index (χ2v) is 5.11. The van der Waals surface area contributed by atoms with Crippen molar-refractivity contribution in [1.82, 2.24) is 20.3 Å². The number of nitrogens with zero attached hydrogens (tertiary/aromatic N) is 3. The number of H-pyrrole nitrogens is 1. The number of β-lactam (4-membered cyclic amide) rings is 1. The Morgan fingerprint density at radius 2 is 2.64 bits per heavy atom. The Hall–Kier alpha value is -1.04. The molecule has 1 amide bonds. The number of thioether (sulfide) groups is 1. The predicted octanol–water partition coefficient (Wildman–Crippen LogP) is 0.0210. The summed E-state index contributed by atoms with van der Waals surface area (Å²) >= 11 is 1.89. The molecule has 0 radical (unpaired) electrons. The fourth-order valence-electron chi connectivity index (χ4n) is 1.92. The highest BCUT2D eigenvalue weighted by atomic mass is 32.2. The molecule has 6 heteroatoms. The van der Waals surface area contributed by atoms with Crippen LogP contribution in [0.4, 0.5) is 0 Å². The van der Waals surface area contributed by atoms with Crippen molar-refractivity contribution in [2.75, 3.05) is 6.54 Å². The minimum atomic E-state index is 0.296. The number of amides is 1. The van der Waals surface area contributed by atoms with Crippen LogP contribution in [0.2, 0.25) is 0 Å². The monoisotopic (exact) mass is 210 g/mol. The van der Waals surface area contributed by atoms with Gasteiger partial charge in [-0.1, -0.05) is 0 Å². The standard InChI is InChI=1S/C8H10N4OS/c13-7-2-8-12(7)4-6(14-8)1-5-3-9-11-10-5/h3,6,8H,1-2,4H2,(H,9,10,11)/t6?,8-/m1/s1. The molecule has 2 saturated heterocycles. The molecule has 0 aromatic carbocycles. The lowest BCUT2D eigenvalue weighted by atomic mass is 10.1. The fraction of sp³-hybridized carbons (Fsp3) is 0.625. The van der Waals surface area contributed by atoms with Gasteiger partial charge in [-0.25, -0.2) is 0 Å². The van der Waals surface area contributed by atoms with Gasteiger partial charge in [-0.3, -0.25) is 4.79 Å². The van der Waals surface area contributed by atoms with E-state index in [1.165, 1.54) is 0 Å². The molecular weight excluding hydrogens is 200 g/mol. The zero-order chi connectivity index (χ0) is 9.54. The molecule has 2 atom stereocenters. The highest BCUT2D eigenvalue weighted by Gasteiger charge is 2.44. The van der Waals surface area contributed by atoms with E-state index in [1.807, 2.05) is 16.7 Å². The predicted molar refractivity (Wildman–Crippen MR) is 51.6 cm³/mol. The molecule has 5 nitrogen and oxygen atoms in total. The van der Waals surface area contributed by atoms with Gasteiger partial charge < -0.3 is 4.90 Å². The number of carbonyl (C=O) groups excluding carboxylic acids is 1. The van der Waals surface area contributed by atoms with Crippen molar-refractivity contribution in [3.8, 4) is 0 Å². The summed E-state index contributed by atoms with van der Waals surface area (Å²) < 4.78 is 0. The van der Waals surface area contributed by atoms with Crippen LogP contribution in [-0.2, 0) is 11.2 Å². The molecule has 2 aliphatic rings. The summed E-state index contributed by atoms with van der Waals surface area (Å²) in [6.07, 6.45) is 3.37. The van der Waals surface area contributed by atoms with Crippen LogP contribution in [0.15, 0.2) is 6.20 Å². The van der Waals surface area contributed by atoms with Crippen LogP contribution in [0.25, 0.3) is 0 Å². The van der Waals surface area contributed by atoms with Crippen molar-refractivity contribution in [3.63, 3.8) is 0 Å². The van der Waals surface area contributed by atoms with Crippen LogP contribution < -0.4 is 0 Å². The molecule has 1 N–H and O–H groups in total. The van der Waals surface area contributed by atoms with E-state index < -0.39 is 0 Å². The maximum atomic E-state index is 11.1. The minimum Gasteiger partial charge on any atom is -0.329 e. The number of nitrogens with one attached hydrogen (secondary N) is 1. The summed E-state index contributed by atoms with van der Waals surface area (Å²) in [5, 5.41) is 11.3. The minimum absolute atomic E-state index is 0.296. The molecular formula is C8H10N4OS. The number of carbonyl (C=O) groups is 1. The van der Waals surface area contributed by atoms with E-state index in [2.05, 4.69) is 15.4 Å². The Morgan fingerprint density at radius 3 is 3.29 bits per heavy atom. The number of hydrogen-bond donors (Lipinski definition) is 1. The van der Waals surface area contributed by atoms with E-state index >= 15 is 0 Å². The van der Waals surface area contributed by atoms with Gasteiger partial charge >= 0.3 is 0 Å². The molecule has 0 spiro atoms. The first kappa shape index (κ1) is 8.28. The molecule has 0 bridgehead atoms. The van der Waals surface area contributed by atoms with Gasteiger partial charge in [-0.15, -0.1) is 11.8 Å². The van der Waals surface area contributed by atoms with Gasteiger partial charge in [0.25, 0.3) is 0 Å². The average molecular weight is 210 g/mol. The molecule has 1 aromatic rings. The molecule has 0 aliphatic carbocycles. The van der Waals surface area contributed by atoms with Gasteiger partial charge in [0.2, 0.25) is 5.91 Å². The Morgan fingerprint density at radius 1 is 1.71 bits per heavy atom. The quantitative estimate of drug-likeness (QED) is 0.699. The zero-order valence-electron chi connectivity index (χ0n) is 7.51. The lowest BCUT2D eigenvalue weighted by molar-refractivity contribution is -0.140. The Labute approximate surface area is 85.2 Å². The largest absolute Gasteiger partial charge is 0.329 e. The molecule has 2 fully saturated rings. The Kier molecular flexibility index (Phi) is 1.76. The first-order chi connectivity index (χ1) is 6.83. The molecule has 3 rings (SSSR count). The number of rotatable bonds is 2. The van der Waals surface area contributed by atoms with Gasteiger partial charge in [0.1, 0.15) is 0 Å². The van der Waals surface area contributed by atoms with Crippen molar-refractivity contribution < 1.29 is 4.79 Å². The summed E-state index contributed by atoms with van der Waals surface area (Å²) in [7, 11) is 0. The van der Waals surface area contributed by atoms with Crippen LogP contribution in [0.5, 0.6) is 0 Å². The SMILES string of the molecule is O=C1C[C@H]2SC(Cc3cn[nH]n3)CN12. The molecule has 1 unspecified atom stereocenters. The summed E-state index contributed by atoms with van der Waals surface area (Å²) in [4.78, 5) is 13.1. The van der Waals surface area contributed by atoms with Crippen molar-refractivity contribution in [3.05, 3.63) is 11.9 Å². The fourth-order valence-corrected chi connectivity index (χ4v) is 3.47. The Bertz CT molecular complexity index is 352. The van der Waals surface area contributed by atoms with Gasteiger partial charge in [-0.05, 0) is 0 Å². The van der Waals surface area contributed by atoms with E-state index in [1.54, 1.807) is 6.20 Å². The van der Waals surface area contributed by atoms with Gasteiger partial charge in [0.15, 0.2) is 0 Å². The lowest BCUT2D eigenvalue weighted by Crippen LogP contribution is -2.47. The van der Waals surface area contributed by atoms with E-state index in [0.29, 0.717) is 16.5 Å². The highest BCUT2D eigenvalue weighted by Crippen LogP contribution is 2.40. The third-order valence-electron chi connectivity index (χ3n) is 2.67. The summed E-state index contributed by atoms with van der Waals surface area (Å²) in [6, 6.07) is 0. The van der Waals surface area contributed by atoms with E-state index in [-0.39, 0.29) is 0 Å². The maximum absolute atomic E-state index is 11.1. The molecule has 1 aromatic heterocycles. The van der Waals surface area contributed by atoms with Crippen molar-refractivity contribution in [2.24, 2.45) is 0 Å². The smallest absolute Gasteiger partial charge is 0.226 e. The van der Waals surface area contributed by atoms with Gasteiger partial charge in [0, 0.05) is 18.2 Å². The summed E-state index contributed by atoms with van der Waals surface area (Å²) in [6.45, 7) is 0.876. The van der Waals surface area contributed by atoms with Crippen LogP contribution in [0.1, 0.15) is 12.1 Å². The molecule has 3 heterocycles. The van der Waals surface area contributed by atoms with E-state index in [4.69, 9.17) is 0 Å².